The number of aromatic nitrogens is 3. The Morgan fingerprint density at radius 2 is 1.88 bits per heavy atom. The summed E-state index contributed by atoms with van der Waals surface area (Å²) in [7, 11) is 1.86. The van der Waals surface area contributed by atoms with E-state index in [1.165, 1.54) is 40.5 Å². The summed E-state index contributed by atoms with van der Waals surface area (Å²) in [6.07, 6.45) is 2.11. The fourth-order valence-corrected chi connectivity index (χ4v) is 4.31. The molecule has 0 aliphatic carbocycles. The molecule has 1 aliphatic heterocycles. The van der Waals surface area contributed by atoms with Gasteiger partial charge in [0.2, 0.25) is 0 Å². The molecule has 4 aromatic rings. The van der Waals surface area contributed by atoms with Crippen molar-refractivity contribution in [3.05, 3.63) is 99.3 Å². The highest BCUT2D eigenvalue weighted by Gasteiger charge is 2.26. The smallest absolute Gasteiger partial charge is 0.279 e. The predicted octanol–water partition coefficient (Wildman–Crippen LogP) is 2.98. The molecular weight excluding hydrogens is 409 g/mol. The number of carbonyl (C=O) groups is 1. The molecule has 3 heterocycles. The van der Waals surface area contributed by atoms with Gasteiger partial charge in [0.05, 0.1) is 11.8 Å². The Morgan fingerprint density at radius 1 is 1.12 bits per heavy atom. The van der Waals surface area contributed by atoms with Crippen molar-refractivity contribution in [2.75, 3.05) is 11.9 Å². The van der Waals surface area contributed by atoms with Crippen molar-refractivity contribution >= 4 is 17.2 Å². The van der Waals surface area contributed by atoms with Gasteiger partial charge in [-0.05, 0) is 29.8 Å². The highest BCUT2D eigenvalue weighted by molar-refractivity contribution is 6.08. The molecular formula is C24H22FN5O2. The lowest BCUT2D eigenvalue weighted by Gasteiger charge is -2.29. The van der Waals surface area contributed by atoms with Crippen LogP contribution in [0.25, 0.3) is 5.65 Å². The van der Waals surface area contributed by atoms with E-state index in [0.29, 0.717) is 35.4 Å². The number of nitrogens with zero attached hydrogens (tertiary/aromatic N) is 4. The molecule has 7 nitrogen and oxygen atoms in total. The molecule has 5 rings (SSSR count). The maximum atomic E-state index is 13.2. The number of anilines is 1. The van der Waals surface area contributed by atoms with E-state index < -0.39 is 5.91 Å². The summed E-state index contributed by atoms with van der Waals surface area (Å²) in [5.41, 5.74) is 3.84. The van der Waals surface area contributed by atoms with Crippen LogP contribution in [0.3, 0.4) is 0 Å². The molecule has 1 aliphatic rings. The van der Waals surface area contributed by atoms with E-state index in [-0.39, 0.29) is 11.4 Å². The second-order valence-electron chi connectivity index (χ2n) is 7.99. The van der Waals surface area contributed by atoms with Gasteiger partial charge in [0.15, 0.2) is 5.65 Å². The topological polar surface area (TPSA) is 71.6 Å². The summed E-state index contributed by atoms with van der Waals surface area (Å²) in [4.78, 5) is 28.4. The lowest BCUT2D eigenvalue weighted by atomic mass is 10.1. The third-order valence-corrected chi connectivity index (χ3v) is 5.91. The number of nitrogens with one attached hydrogen (secondary N) is 1. The van der Waals surface area contributed by atoms with Gasteiger partial charge in [0.25, 0.3) is 11.5 Å². The monoisotopic (exact) mass is 431 g/mol. The van der Waals surface area contributed by atoms with Crippen molar-refractivity contribution < 1.29 is 9.18 Å². The van der Waals surface area contributed by atoms with Crippen molar-refractivity contribution in [2.45, 2.75) is 19.5 Å². The van der Waals surface area contributed by atoms with Gasteiger partial charge < -0.3 is 9.88 Å². The first-order valence-corrected chi connectivity index (χ1v) is 10.4. The Balaban J connectivity index is 1.47. The van der Waals surface area contributed by atoms with Crippen molar-refractivity contribution in [1.82, 2.24) is 19.1 Å². The number of rotatable bonds is 4. The number of benzene rings is 2. The first-order valence-electron chi connectivity index (χ1n) is 10.4. The molecule has 0 bridgehead atoms. The molecule has 1 amide bonds. The summed E-state index contributed by atoms with van der Waals surface area (Å²) in [6, 6.07) is 15.7. The van der Waals surface area contributed by atoms with Crippen LogP contribution in [0.4, 0.5) is 10.1 Å². The number of halogens is 1. The zero-order valence-electron chi connectivity index (χ0n) is 17.6. The van der Waals surface area contributed by atoms with Crippen LogP contribution in [0.2, 0.25) is 0 Å². The minimum Gasteiger partial charge on any atom is -0.332 e. The lowest BCUT2D eigenvalue weighted by Crippen LogP contribution is -2.38. The number of amides is 1. The van der Waals surface area contributed by atoms with Crippen LogP contribution in [0.1, 0.15) is 27.2 Å². The van der Waals surface area contributed by atoms with Gasteiger partial charge in [0.1, 0.15) is 11.4 Å². The van der Waals surface area contributed by atoms with Gasteiger partial charge in [-0.2, -0.15) is 9.61 Å². The Hall–Kier alpha value is -3.78. The molecule has 0 radical (unpaired) electrons. The second-order valence-corrected chi connectivity index (χ2v) is 7.99. The van der Waals surface area contributed by atoms with Gasteiger partial charge in [-0.3, -0.25) is 14.5 Å². The maximum Gasteiger partial charge on any atom is 0.279 e. The van der Waals surface area contributed by atoms with Crippen LogP contribution in [0.15, 0.2) is 65.6 Å². The Bertz CT molecular complexity index is 1360. The SMILES string of the molecule is Cn1c2c(c(=O)n3ncc(C(=O)Nc4ccc(F)cc4)c13)CN(Cc1ccccc1)CC2. The summed E-state index contributed by atoms with van der Waals surface area (Å²) < 4.78 is 16.3. The highest BCUT2D eigenvalue weighted by Crippen LogP contribution is 2.21. The van der Waals surface area contributed by atoms with Crippen LogP contribution >= 0.6 is 0 Å². The number of carbonyl (C=O) groups excluding carboxylic acids is 1. The van der Waals surface area contributed by atoms with Gasteiger partial charge in [-0.15, -0.1) is 0 Å². The number of hydrogen-bond donors (Lipinski definition) is 1. The number of aryl methyl sites for hydroxylation is 1. The first-order chi connectivity index (χ1) is 15.5. The van der Waals surface area contributed by atoms with Gasteiger partial charge >= 0.3 is 0 Å². The normalized spacial score (nSPS) is 13.8. The van der Waals surface area contributed by atoms with E-state index in [1.807, 2.05) is 29.8 Å². The highest BCUT2D eigenvalue weighted by atomic mass is 19.1. The molecule has 0 saturated heterocycles. The second kappa shape index (κ2) is 8.05. The van der Waals surface area contributed by atoms with Gasteiger partial charge in [0, 0.05) is 44.5 Å². The fraction of sp³-hybridized carbons (Fsp3) is 0.208. The van der Waals surface area contributed by atoms with Crippen LogP contribution < -0.4 is 10.9 Å². The minimum absolute atomic E-state index is 0.202. The van der Waals surface area contributed by atoms with Crippen molar-refractivity contribution in [1.29, 1.82) is 0 Å². The van der Waals surface area contributed by atoms with Gasteiger partial charge in [-0.1, -0.05) is 30.3 Å². The lowest BCUT2D eigenvalue weighted by molar-refractivity contribution is 0.102. The van der Waals surface area contributed by atoms with E-state index >= 15 is 0 Å². The van der Waals surface area contributed by atoms with E-state index in [4.69, 9.17) is 0 Å². The summed E-state index contributed by atoms with van der Waals surface area (Å²) in [5.74, 6) is -0.780. The molecule has 0 saturated carbocycles. The number of hydrogen-bond acceptors (Lipinski definition) is 4. The summed E-state index contributed by atoms with van der Waals surface area (Å²) in [5, 5.41) is 6.96. The molecule has 0 spiro atoms. The molecule has 0 fully saturated rings. The van der Waals surface area contributed by atoms with E-state index in [1.54, 1.807) is 0 Å². The third kappa shape index (κ3) is 3.58. The fourth-order valence-electron chi connectivity index (χ4n) is 4.31. The molecule has 162 valence electrons. The van der Waals surface area contributed by atoms with Crippen LogP contribution in [-0.4, -0.2) is 31.5 Å². The van der Waals surface area contributed by atoms with Crippen LogP contribution in [0.5, 0.6) is 0 Å². The Kier molecular flexibility index (Phi) is 5.07. The van der Waals surface area contributed by atoms with Crippen molar-refractivity contribution in [3.8, 4) is 0 Å². The predicted molar refractivity (Wildman–Crippen MR) is 119 cm³/mol. The van der Waals surface area contributed by atoms with E-state index in [0.717, 1.165) is 18.8 Å². The molecule has 8 heteroatoms. The molecule has 0 atom stereocenters. The summed E-state index contributed by atoms with van der Waals surface area (Å²) >= 11 is 0. The Labute approximate surface area is 183 Å². The van der Waals surface area contributed by atoms with Gasteiger partial charge in [-0.25, -0.2) is 4.39 Å². The minimum atomic E-state index is -0.400. The maximum absolute atomic E-state index is 13.2. The van der Waals surface area contributed by atoms with Crippen LogP contribution in [0, 0.1) is 5.82 Å². The standard InChI is InChI=1S/C24H22FN5O2/c1-28-21-11-12-29(14-16-5-3-2-4-6-16)15-20(21)24(32)30-23(28)19(13-26-30)22(31)27-18-9-7-17(25)8-10-18/h2-10,13H,11-12,14-15H2,1H3,(H,27,31). The first kappa shape index (κ1) is 20.1. The Morgan fingerprint density at radius 3 is 2.62 bits per heavy atom. The third-order valence-electron chi connectivity index (χ3n) is 5.91. The molecule has 32 heavy (non-hydrogen) atoms. The molecule has 1 N–H and O–H groups in total. The van der Waals surface area contributed by atoms with Crippen molar-refractivity contribution in [2.24, 2.45) is 7.05 Å². The van der Waals surface area contributed by atoms with Crippen molar-refractivity contribution in [3.63, 3.8) is 0 Å². The molecule has 2 aromatic heterocycles. The largest absolute Gasteiger partial charge is 0.332 e. The van der Waals surface area contributed by atoms with E-state index in [2.05, 4.69) is 27.4 Å². The molecule has 0 unspecified atom stereocenters. The molecule has 2 aromatic carbocycles. The van der Waals surface area contributed by atoms with Crippen LogP contribution in [-0.2, 0) is 26.6 Å². The summed E-state index contributed by atoms with van der Waals surface area (Å²) in [6.45, 7) is 2.12. The zero-order chi connectivity index (χ0) is 22.2. The average Bonchev–Trinajstić information content (AvgIpc) is 3.26. The zero-order valence-corrected chi connectivity index (χ0v) is 17.6. The average molecular weight is 431 g/mol. The van der Waals surface area contributed by atoms with E-state index in [9.17, 15) is 14.0 Å². The quantitative estimate of drug-likeness (QED) is 0.539. The number of fused-ring (bicyclic) bond motifs is 2.